The Labute approximate surface area is 102 Å². The highest BCUT2D eigenvalue weighted by Gasteiger charge is 2.12. The first-order valence-electron chi connectivity index (χ1n) is 5.38. The van der Waals surface area contributed by atoms with Crippen molar-refractivity contribution >= 4 is 22.8 Å². The zero-order chi connectivity index (χ0) is 12.7. The third-order valence-corrected chi connectivity index (χ3v) is 3.22. The van der Waals surface area contributed by atoms with Gasteiger partial charge >= 0.3 is 5.97 Å². The summed E-state index contributed by atoms with van der Waals surface area (Å²) in [5.41, 5.74) is 0.131. The average Bonchev–Trinajstić information content (AvgIpc) is 2.78. The molecule has 0 amide bonds. The molecule has 1 atom stereocenters. The molecule has 0 fully saturated rings. The van der Waals surface area contributed by atoms with E-state index in [1.54, 1.807) is 6.92 Å². The number of carbonyl (C=O) groups is 1. The SMILES string of the molecule is CCOC(=O)c1coc(NCCS(=O)CC)n1. The number of aromatic nitrogens is 1. The summed E-state index contributed by atoms with van der Waals surface area (Å²) >= 11 is 0. The molecule has 0 bridgehead atoms. The molecule has 6 nitrogen and oxygen atoms in total. The molecule has 0 saturated carbocycles. The summed E-state index contributed by atoms with van der Waals surface area (Å²) in [6, 6.07) is 0.237. The number of esters is 1. The summed E-state index contributed by atoms with van der Waals surface area (Å²) in [6.45, 7) is 4.37. The van der Waals surface area contributed by atoms with E-state index in [-0.39, 0.29) is 11.7 Å². The van der Waals surface area contributed by atoms with Crippen molar-refractivity contribution < 1.29 is 18.2 Å². The van der Waals surface area contributed by atoms with Gasteiger partial charge < -0.3 is 14.5 Å². The molecule has 0 aliphatic carbocycles. The maximum atomic E-state index is 11.3. The van der Waals surface area contributed by atoms with Gasteiger partial charge in [-0.3, -0.25) is 4.21 Å². The number of ether oxygens (including phenoxy) is 1. The largest absolute Gasteiger partial charge is 0.461 e. The van der Waals surface area contributed by atoms with E-state index in [2.05, 4.69) is 10.3 Å². The molecule has 0 aliphatic rings. The minimum absolute atomic E-state index is 0.131. The Morgan fingerprint density at radius 2 is 2.35 bits per heavy atom. The molecule has 17 heavy (non-hydrogen) atoms. The lowest BCUT2D eigenvalue weighted by Crippen LogP contribution is -2.12. The second-order valence-corrected chi connectivity index (χ2v) is 4.98. The molecule has 7 heteroatoms. The molecule has 0 radical (unpaired) electrons. The molecule has 1 heterocycles. The number of hydrogen-bond donors (Lipinski definition) is 1. The van der Waals surface area contributed by atoms with Crippen molar-refractivity contribution in [2.45, 2.75) is 13.8 Å². The van der Waals surface area contributed by atoms with Gasteiger partial charge in [0.15, 0.2) is 5.69 Å². The highest BCUT2D eigenvalue weighted by molar-refractivity contribution is 7.84. The molecule has 0 saturated heterocycles. The Bertz CT molecular complexity index is 391. The molecule has 0 aromatic carbocycles. The van der Waals surface area contributed by atoms with Crippen molar-refractivity contribution in [3.8, 4) is 0 Å². The highest BCUT2D eigenvalue weighted by atomic mass is 32.2. The lowest BCUT2D eigenvalue weighted by atomic mass is 10.5. The van der Waals surface area contributed by atoms with Gasteiger partial charge in [-0.25, -0.2) is 4.79 Å². The van der Waals surface area contributed by atoms with Crippen LogP contribution in [0, 0.1) is 0 Å². The average molecular weight is 260 g/mol. The summed E-state index contributed by atoms with van der Waals surface area (Å²) < 4.78 is 20.9. The van der Waals surface area contributed by atoms with Crippen molar-refractivity contribution in [2.75, 3.05) is 30.0 Å². The van der Waals surface area contributed by atoms with Crippen LogP contribution in [0.5, 0.6) is 0 Å². The smallest absolute Gasteiger partial charge is 0.360 e. The second-order valence-electron chi connectivity index (χ2n) is 3.12. The Hall–Kier alpha value is -1.37. The fourth-order valence-electron chi connectivity index (χ4n) is 1.07. The first-order valence-corrected chi connectivity index (χ1v) is 6.87. The van der Waals surface area contributed by atoms with Gasteiger partial charge in [0.1, 0.15) is 6.26 Å². The van der Waals surface area contributed by atoms with Crippen LogP contribution in [0.4, 0.5) is 6.01 Å². The van der Waals surface area contributed by atoms with Gasteiger partial charge in [0.05, 0.1) is 6.61 Å². The van der Waals surface area contributed by atoms with E-state index in [1.807, 2.05) is 6.92 Å². The summed E-state index contributed by atoms with van der Waals surface area (Å²) in [5, 5.41) is 2.85. The van der Waals surface area contributed by atoms with E-state index in [9.17, 15) is 9.00 Å². The van der Waals surface area contributed by atoms with Crippen LogP contribution >= 0.6 is 0 Å². The first-order chi connectivity index (χ1) is 8.17. The monoisotopic (exact) mass is 260 g/mol. The number of rotatable bonds is 7. The van der Waals surface area contributed by atoms with Crippen molar-refractivity contribution in [1.29, 1.82) is 0 Å². The number of anilines is 1. The molecule has 1 aromatic rings. The van der Waals surface area contributed by atoms with Crippen LogP contribution in [0.15, 0.2) is 10.7 Å². The van der Waals surface area contributed by atoms with Gasteiger partial charge in [0.25, 0.3) is 6.01 Å². The summed E-state index contributed by atoms with van der Waals surface area (Å²) in [5.74, 6) is 0.635. The van der Waals surface area contributed by atoms with Crippen LogP contribution in [0.1, 0.15) is 24.3 Å². The predicted octanol–water partition coefficient (Wildman–Crippen LogP) is 1.03. The molecular weight excluding hydrogens is 244 g/mol. The van der Waals surface area contributed by atoms with E-state index < -0.39 is 16.8 Å². The second kappa shape index (κ2) is 7.05. The Balaban J connectivity index is 2.40. The van der Waals surface area contributed by atoms with E-state index in [0.717, 1.165) is 0 Å². The van der Waals surface area contributed by atoms with Gasteiger partial charge in [0, 0.05) is 28.9 Å². The maximum Gasteiger partial charge on any atom is 0.360 e. The summed E-state index contributed by atoms with van der Waals surface area (Å²) in [7, 11) is -0.829. The zero-order valence-corrected chi connectivity index (χ0v) is 10.7. The molecule has 1 aromatic heterocycles. The maximum absolute atomic E-state index is 11.3. The van der Waals surface area contributed by atoms with Crippen LogP contribution in [0.3, 0.4) is 0 Å². The first kappa shape index (κ1) is 13.7. The molecule has 96 valence electrons. The fraction of sp³-hybridized carbons (Fsp3) is 0.600. The van der Waals surface area contributed by atoms with Gasteiger partial charge in [-0.2, -0.15) is 4.98 Å². The van der Waals surface area contributed by atoms with Gasteiger partial charge in [-0.1, -0.05) is 6.92 Å². The van der Waals surface area contributed by atoms with Crippen LogP contribution < -0.4 is 5.32 Å². The van der Waals surface area contributed by atoms with Crippen LogP contribution in [-0.4, -0.2) is 39.8 Å². The van der Waals surface area contributed by atoms with Crippen LogP contribution in [0.25, 0.3) is 0 Å². The highest BCUT2D eigenvalue weighted by Crippen LogP contribution is 2.08. The standard InChI is InChI=1S/C10H16N2O4S/c1-3-15-9(13)8-7-16-10(12-8)11-5-6-17(14)4-2/h7H,3-6H2,1-2H3,(H,11,12). The molecular formula is C10H16N2O4S. The molecule has 1 rings (SSSR count). The minimum atomic E-state index is -0.829. The predicted molar refractivity (Wildman–Crippen MR) is 64.5 cm³/mol. The number of carbonyl (C=O) groups excluding carboxylic acids is 1. The minimum Gasteiger partial charge on any atom is -0.461 e. The normalized spacial score (nSPS) is 12.1. The van der Waals surface area contributed by atoms with Crippen molar-refractivity contribution in [2.24, 2.45) is 0 Å². The zero-order valence-electron chi connectivity index (χ0n) is 9.89. The third-order valence-electron chi connectivity index (χ3n) is 1.92. The van der Waals surface area contributed by atoms with Crippen molar-refractivity contribution in [3.63, 3.8) is 0 Å². The van der Waals surface area contributed by atoms with E-state index in [0.29, 0.717) is 24.7 Å². The molecule has 1 unspecified atom stereocenters. The lowest BCUT2D eigenvalue weighted by Gasteiger charge is -1.99. The molecule has 0 spiro atoms. The van der Waals surface area contributed by atoms with Gasteiger partial charge in [0.2, 0.25) is 0 Å². The van der Waals surface area contributed by atoms with Crippen LogP contribution in [-0.2, 0) is 15.5 Å². The molecule has 0 aliphatic heterocycles. The van der Waals surface area contributed by atoms with Crippen molar-refractivity contribution in [1.82, 2.24) is 4.98 Å². The van der Waals surface area contributed by atoms with Crippen molar-refractivity contribution in [3.05, 3.63) is 12.0 Å². The van der Waals surface area contributed by atoms with E-state index in [4.69, 9.17) is 9.15 Å². The Morgan fingerprint density at radius 1 is 1.59 bits per heavy atom. The van der Waals surface area contributed by atoms with E-state index >= 15 is 0 Å². The Morgan fingerprint density at radius 3 is 3.00 bits per heavy atom. The van der Waals surface area contributed by atoms with Gasteiger partial charge in [-0.05, 0) is 6.92 Å². The Kier molecular flexibility index (Phi) is 5.68. The number of hydrogen-bond acceptors (Lipinski definition) is 6. The van der Waals surface area contributed by atoms with Gasteiger partial charge in [-0.15, -0.1) is 0 Å². The molecule has 1 N–H and O–H groups in total. The number of nitrogens with zero attached hydrogens (tertiary/aromatic N) is 1. The van der Waals surface area contributed by atoms with Crippen LogP contribution in [0.2, 0.25) is 0 Å². The topological polar surface area (TPSA) is 81.4 Å². The number of oxazole rings is 1. The summed E-state index contributed by atoms with van der Waals surface area (Å²) in [6.07, 6.45) is 1.23. The van der Waals surface area contributed by atoms with E-state index in [1.165, 1.54) is 6.26 Å². The third kappa shape index (κ3) is 4.56. The fourth-order valence-corrected chi connectivity index (χ4v) is 1.69. The number of nitrogens with one attached hydrogen (secondary N) is 1. The summed E-state index contributed by atoms with van der Waals surface area (Å²) in [4.78, 5) is 15.2. The lowest BCUT2D eigenvalue weighted by molar-refractivity contribution is 0.0519. The quantitative estimate of drug-likeness (QED) is 0.737.